The summed E-state index contributed by atoms with van der Waals surface area (Å²) in [4.78, 5) is 35.7. The summed E-state index contributed by atoms with van der Waals surface area (Å²) in [6, 6.07) is 12.4. The van der Waals surface area contributed by atoms with Crippen LogP contribution in [0.1, 0.15) is 26.3 Å². The van der Waals surface area contributed by atoms with Gasteiger partial charge in [0, 0.05) is 38.5 Å². The van der Waals surface area contributed by atoms with Crippen molar-refractivity contribution in [1.82, 2.24) is 9.88 Å². The van der Waals surface area contributed by atoms with Crippen molar-refractivity contribution in [3.05, 3.63) is 82.5 Å². The Kier molecular flexibility index (Phi) is 8.15. The molecule has 0 aliphatic heterocycles. The van der Waals surface area contributed by atoms with Gasteiger partial charge in [0.1, 0.15) is 17.4 Å². The first-order valence-corrected chi connectivity index (χ1v) is 10.7. The highest BCUT2D eigenvalue weighted by atomic mass is 35.5. The average Bonchev–Trinajstić information content (AvgIpc) is 2.81. The molecule has 0 saturated carbocycles. The molecule has 2 N–H and O–H groups in total. The predicted molar refractivity (Wildman–Crippen MR) is 131 cm³/mol. The van der Waals surface area contributed by atoms with E-state index in [9.17, 15) is 22.8 Å². The van der Waals surface area contributed by atoms with E-state index in [2.05, 4.69) is 25.3 Å². The smallest absolute Gasteiger partial charge is 0.406 e. The third-order valence-corrected chi connectivity index (χ3v) is 4.95. The fourth-order valence-electron chi connectivity index (χ4n) is 3.20. The number of amidine groups is 1. The number of anilines is 2. The number of aromatic nitrogens is 1. The second-order valence-electron chi connectivity index (χ2n) is 7.54. The van der Waals surface area contributed by atoms with Gasteiger partial charge in [-0.2, -0.15) is 0 Å². The fraction of sp³-hybridized carbons (Fsp3) is 0.167. The Labute approximate surface area is 209 Å². The number of ether oxygens (including phenoxy) is 1. The minimum Gasteiger partial charge on any atom is -0.406 e. The molecule has 0 radical (unpaired) electrons. The molecule has 0 bridgehead atoms. The van der Waals surface area contributed by atoms with E-state index in [0.717, 1.165) is 23.8 Å². The largest absolute Gasteiger partial charge is 0.573 e. The van der Waals surface area contributed by atoms with E-state index in [1.165, 1.54) is 18.3 Å². The van der Waals surface area contributed by atoms with Crippen LogP contribution in [0.15, 0.2) is 65.8 Å². The highest BCUT2D eigenvalue weighted by Crippen LogP contribution is 2.28. The molecule has 188 valence electrons. The van der Waals surface area contributed by atoms with Gasteiger partial charge in [-0.3, -0.25) is 14.6 Å². The van der Waals surface area contributed by atoms with Crippen molar-refractivity contribution in [2.75, 3.05) is 31.8 Å². The Hall–Kier alpha value is -4.12. The van der Waals surface area contributed by atoms with Gasteiger partial charge in [-0.15, -0.1) is 13.2 Å². The summed E-state index contributed by atoms with van der Waals surface area (Å²) >= 11 is 5.78. The second kappa shape index (κ2) is 11.1. The van der Waals surface area contributed by atoms with Crippen LogP contribution in [0.25, 0.3) is 0 Å². The molecule has 0 spiro atoms. The fourth-order valence-corrected chi connectivity index (χ4v) is 3.31. The van der Waals surface area contributed by atoms with Crippen molar-refractivity contribution in [3.8, 4) is 5.75 Å². The standard InChI is InChI=1S/C24H21ClF3N5O3/c1-29-21(33(2)3)14-4-6-15(7-5-14)22(34)31-19-10-9-17(36-24(26,27)28)12-18(19)23(35)32-20-11-8-16(25)13-30-20/h4-13H,1-3H3,(H,31,34)(H,30,32,35)/b29-21-. The molecular formula is C24H21ClF3N5O3. The molecule has 3 rings (SSSR count). The lowest BCUT2D eigenvalue weighted by Crippen LogP contribution is -2.23. The number of benzene rings is 2. The molecule has 1 heterocycles. The van der Waals surface area contributed by atoms with Gasteiger partial charge in [-0.1, -0.05) is 23.7 Å². The lowest BCUT2D eigenvalue weighted by Gasteiger charge is -2.16. The third-order valence-electron chi connectivity index (χ3n) is 4.73. The summed E-state index contributed by atoms with van der Waals surface area (Å²) < 4.78 is 42.1. The topological polar surface area (TPSA) is 95.9 Å². The van der Waals surface area contributed by atoms with Crippen LogP contribution in [0, 0.1) is 0 Å². The molecule has 36 heavy (non-hydrogen) atoms. The monoisotopic (exact) mass is 519 g/mol. The highest BCUT2D eigenvalue weighted by molar-refractivity contribution is 6.30. The van der Waals surface area contributed by atoms with E-state index < -0.39 is 23.9 Å². The molecule has 0 aliphatic carbocycles. The zero-order chi connectivity index (χ0) is 26.5. The van der Waals surface area contributed by atoms with Crippen LogP contribution in [-0.2, 0) is 0 Å². The Morgan fingerprint density at radius 2 is 1.64 bits per heavy atom. The zero-order valence-corrected chi connectivity index (χ0v) is 20.1. The number of nitrogens with zero attached hydrogens (tertiary/aromatic N) is 3. The molecule has 0 atom stereocenters. The number of pyridine rings is 1. The SMILES string of the molecule is C/N=C(/c1ccc(C(=O)Nc2ccc(OC(F)(F)F)cc2C(=O)Nc2ccc(Cl)cn2)cc1)N(C)C. The second-order valence-corrected chi connectivity index (χ2v) is 7.98. The number of halogens is 4. The first-order chi connectivity index (χ1) is 17.0. The van der Waals surface area contributed by atoms with Gasteiger partial charge in [0.05, 0.1) is 16.3 Å². The molecule has 1 aromatic heterocycles. The Bertz CT molecular complexity index is 1280. The van der Waals surface area contributed by atoms with Gasteiger partial charge in [-0.05, 0) is 42.5 Å². The number of aliphatic imine (C=N–C) groups is 1. The van der Waals surface area contributed by atoms with Crippen molar-refractivity contribution in [3.63, 3.8) is 0 Å². The quantitative estimate of drug-likeness (QED) is 0.350. The van der Waals surface area contributed by atoms with E-state index in [1.807, 2.05) is 19.0 Å². The van der Waals surface area contributed by atoms with Gasteiger partial charge < -0.3 is 20.3 Å². The van der Waals surface area contributed by atoms with Crippen molar-refractivity contribution < 1.29 is 27.5 Å². The Balaban J connectivity index is 1.88. The van der Waals surface area contributed by atoms with Crippen molar-refractivity contribution in [2.24, 2.45) is 4.99 Å². The molecule has 2 aromatic carbocycles. The molecule has 0 unspecified atom stereocenters. The molecule has 12 heteroatoms. The number of hydrogen-bond acceptors (Lipinski definition) is 5. The van der Waals surface area contributed by atoms with E-state index in [4.69, 9.17) is 11.6 Å². The summed E-state index contributed by atoms with van der Waals surface area (Å²) in [6.07, 6.45) is -3.68. The van der Waals surface area contributed by atoms with Crippen molar-refractivity contribution >= 4 is 40.8 Å². The lowest BCUT2D eigenvalue weighted by molar-refractivity contribution is -0.274. The molecule has 2 amide bonds. The van der Waals surface area contributed by atoms with Gasteiger partial charge in [0.15, 0.2) is 0 Å². The average molecular weight is 520 g/mol. The number of hydrogen-bond donors (Lipinski definition) is 2. The van der Waals surface area contributed by atoms with Crippen LogP contribution in [0.4, 0.5) is 24.7 Å². The van der Waals surface area contributed by atoms with Crippen LogP contribution in [0.2, 0.25) is 5.02 Å². The Morgan fingerprint density at radius 1 is 0.972 bits per heavy atom. The number of alkyl halides is 3. The molecule has 3 aromatic rings. The summed E-state index contributed by atoms with van der Waals surface area (Å²) in [7, 11) is 5.32. The first-order valence-electron chi connectivity index (χ1n) is 10.4. The maximum atomic E-state index is 12.9. The molecule has 0 saturated heterocycles. The molecule has 8 nitrogen and oxygen atoms in total. The number of carbonyl (C=O) groups is 2. The molecule has 0 aliphatic rings. The summed E-state index contributed by atoms with van der Waals surface area (Å²) in [5.41, 5.74) is 0.734. The number of amides is 2. The van der Waals surface area contributed by atoms with Gasteiger partial charge >= 0.3 is 6.36 Å². The van der Waals surface area contributed by atoms with Gasteiger partial charge in [-0.25, -0.2) is 4.98 Å². The van der Waals surface area contributed by atoms with Gasteiger partial charge in [0.2, 0.25) is 0 Å². The maximum Gasteiger partial charge on any atom is 0.573 e. The molecule has 0 fully saturated rings. The summed E-state index contributed by atoms with van der Waals surface area (Å²) in [6.45, 7) is 0. The van der Waals surface area contributed by atoms with Crippen LogP contribution in [0.3, 0.4) is 0 Å². The highest BCUT2D eigenvalue weighted by Gasteiger charge is 2.31. The number of carbonyl (C=O) groups excluding carboxylic acids is 2. The van der Waals surface area contributed by atoms with Crippen LogP contribution < -0.4 is 15.4 Å². The normalized spacial score (nSPS) is 11.6. The zero-order valence-electron chi connectivity index (χ0n) is 19.4. The summed E-state index contributed by atoms with van der Waals surface area (Å²) in [5.74, 6) is -1.22. The van der Waals surface area contributed by atoms with Crippen LogP contribution >= 0.6 is 11.6 Å². The van der Waals surface area contributed by atoms with Crippen molar-refractivity contribution in [2.45, 2.75) is 6.36 Å². The maximum absolute atomic E-state index is 12.9. The third kappa shape index (κ3) is 6.95. The Morgan fingerprint density at radius 3 is 2.19 bits per heavy atom. The number of rotatable bonds is 6. The minimum absolute atomic E-state index is 0.0332. The minimum atomic E-state index is -4.97. The first kappa shape index (κ1) is 26.5. The molecular weight excluding hydrogens is 499 g/mol. The lowest BCUT2D eigenvalue weighted by atomic mass is 10.1. The van der Waals surface area contributed by atoms with Gasteiger partial charge in [0.25, 0.3) is 11.8 Å². The number of nitrogens with one attached hydrogen (secondary N) is 2. The summed E-state index contributed by atoms with van der Waals surface area (Å²) in [5, 5.41) is 5.34. The van der Waals surface area contributed by atoms with Crippen LogP contribution in [-0.4, -0.2) is 55.0 Å². The van der Waals surface area contributed by atoms with E-state index in [0.29, 0.717) is 10.9 Å². The predicted octanol–water partition coefficient (Wildman–Crippen LogP) is 5.08. The van der Waals surface area contributed by atoms with E-state index >= 15 is 0 Å². The van der Waals surface area contributed by atoms with E-state index in [1.54, 1.807) is 31.3 Å². The van der Waals surface area contributed by atoms with E-state index in [-0.39, 0.29) is 22.6 Å². The van der Waals surface area contributed by atoms with Crippen LogP contribution in [0.5, 0.6) is 5.75 Å². The van der Waals surface area contributed by atoms with Crippen molar-refractivity contribution in [1.29, 1.82) is 0 Å².